The van der Waals surface area contributed by atoms with Crippen LogP contribution in [-0.2, 0) is 4.74 Å². The van der Waals surface area contributed by atoms with Crippen LogP contribution in [0, 0.1) is 0 Å². The van der Waals surface area contributed by atoms with Gasteiger partial charge in [-0.1, -0.05) is 11.6 Å². The number of carbonyl (C=O) groups excluding carboxylic acids is 1. The average Bonchev–Trinajstić information content (AvgIpc) is 2.06. The number of halogens is 2. The first-order valence-corrected chi connectivity index (χ1v) is 5.63. The summed E-state index contributed by atoms with van der Waals surface area (Å²) in [7, 11) is 0. The number of nitrogens with one attached hydrogen (secondary N) is 1. The molecule has 0 saturated heterocycles. The molecule has 0 aromatic carbocycles. The van der Waals surface area contributed by atoms with Gasteiger partial charge in [-0.25, -0.2) is 14.8 Å². The Hall–Kier alpha value is -0.880. The molecule has 0 aliphatic heterocycles. The maximum absolute atomic E-state index is 11.4. The Morgan fingerprint density at radius 1 is 1.56 bits per heavy atom. The molecule has 0 radical (unpaired) electrons. The highest BCUT2D eigenvalue weighted by atomic mass is 79.9. The fourth-order valence-corrected chi connectivity index (χ4v) is 1.46. The van der Waals surface area contributed by atoms with E-state index in [0.29, 0.717) is 4.60 Å². The van der Waals surface area contributed by atoms with Crippen LogP contribution in [-0.4, -0.2) is 21.7 Å². The van der Waals surface area contributed by atoms with Gasteiger partial charge in [0, 0.05) is 0 Å². The van der Waals surface area contributed by atoms with Crippen LogP contribution in [0.15, 0.2) is 10.8 Å². The Bertz CT molecular complexity index is 406. The first kappa shape index (κ1) is 13.2. The second kappa shape index (κ2) is 4.97. The molecule has 5 nitrogen and oxygen atoms in total. The van der Waals surface area contributed by atoms with Crippen molar-refractivity contribution in [3.8, 4) is 0 Å². The first-order chi connectivity index (χ1) is 7.28. The molecule has 0 fully saturated rings. The lowest BCUT2D eigenvalue weighted by Crippen LogP contribution is -2.27. The lowest BCUT2D eigenvalue weighted by Gasteiger charge is -2.19. The van der Waals surface area contributed by atoms with Gasteiger partial charge in [0.05, 0.1) is 6.20 Å². The van der Waals surface area contributed by atoms with Gasteiger partial charge in [0.25, 0.3) is 0 Å². The van der Waals surface area contributed by atoms with Gasteiger partial charge < -0.3 is 4.74 Å². The Morgan fingerprint density at radius 3 is 2.69 bits per heavy atom. The van der Waals surface area contributed by atoms with Crippen LogP contribution in [0.25, 0.3) is 0 Å². The third-order valence-electron chi connectivity index (χ3n) is 1.32. The molecular formula is C9H11BrClN3O2. The van der Waals surface area contributed by atoms with Crippen molar-refractivity contribution < 1.29 is 9.53 Å². The molecule has 0 spiro atoms. The van der Waals surface area contributed by atoms with Crippen molar-refractivity contribution >= 4 is 39.4 Å². The zero-order valence-electron chi connectivity index (χ0n) is 9.04. The zero-order chi connectivity index (χ0) is 12.3. The average molecular weight is 309 g/mol. The predicted octanol–water partition coefficient (Wildman–Crippen LogP) is 3.24. The molecule has 88 valence electrons. The van der Waals surface area contributed by atoms with E-state index in [1.165, 1.54) is 6.20 Å². The molecule has 0 aliphatic carbocycles. The molecule has 0 unspecified atom stereocenters. The van der Waals surface area contributed by atoms with Crippen molar-refractivity contribution in [2.75, 3.05) is 5.32 Å². The number of amides is 1. The number of ether oxygens (including phenoxy) is 1. The minimum absolute atomic E-state index is 0.238. The maximum Gasteiger partial charge on any atom is 0.413 e. The summed E-state index contributed by atoms with van der Waals surface area (Å²) in [6.45, 7) is 5.32. The molecule has 0 aliphatic rings. The Balaban J connectivity index is 2.70. The maximum atomic E-state index is 11.4. The number of anilines is 1. The monoisotopic (exact) mass is 307 g/mol. The van der Waals surface area contributed by atoms with E-state index in [-0.39, 0.29) is 11.0 Å². The minimum Gasteiger partial charge on any atom is -0.444 e. The summed E-state index contributed by atoms with van der Waals surface area (Å²) in [5.74, 6) is 0.263. The van der Waals surface area contributed by atoms with E-state index < -0.39 is 11.7 Å². The van der Waals surface area contributed by atoms with Crippen LogP contribution in [0.4, 0.5) is 10.6 Å². The highest BCUT2D eigenvalue weighted by Gasteiger charge is 2.17. The van der Waals surface area contributed by atoms with Gasteiger partial charge >= 0.3 is 6.09 Å². The summed E-state index contributed by atoms with van der Waals surface area (Å²) in [5, 5.41) is 2.69. The molecule has 1 aromatic heterocycles. The third-order valence-corrected chi connectivity index (χ3v) is 2.05. The molecule has 1 N–H and O–H groups in total. The number of hydrogen-bond donors (Lipinski definition) is 1. The Morgan fingerprint density at radius 2 is 2.19 bits per heavy atom. The highest BCUT2D eigenvalue weighted by Crippen LogP contribution is 2.19. The number of nitrogens with zero attached hydrogens (tertiary/aromatic N) is 2. The molecule has 0 bridgehead atoms. The quantitative estimate of drug-likeness (QED) is 0.865. The van der Waals surface area contributed by atoms with Crippen LogP contribution in [0.3, 0.4) is 0 Å². The molecule has 7 heteroatoms. The van der Waals surface area contributed by atoms with Crippen LogP contribution in [0.5, 0.6) is 0 Å². The van der Waals surface area contributed by atoms with Crippen molar-refractivity contribution in [3.05, 3.63) is 16.0 Å². The standard InChI is InChI=1S/C9H11BrClN3O2/c1-9(2,3)16-8(15)14-7-6(10)13-5(11)4-12-7/h4H,1-3H3,(H,12,14,15). The molecular weight excluding hydrogens is 297 g/mol. The van der Waals surface area contributed by atoms with E-state index in [0.717, 1.165) is 0 Å². The Labute approximate surface area is 107 Å². The molecule has 1 aromatic rings. The highest BCUT2D eigenvalue weighted by molar-refractivity contribution is 9.10. The smallest absolute Gasteiger partial charge is 0.413 e. The van der Waals surface area contributed by atoms with Crippen LogP contribution < -0.4 is 5.32 Å². The predicted molar refractivity (Wildman–Crippen MR) is 64.6 cm³/mol. The Kier molecular flexibility index (Phi) is 4.09. The lowest BCUT2D eigenvalue weighted by molar-refractivity contribution is 0.0635. The third kappa shape index (κ3) is 4.32. The van der Waals surface area contributed by atoms with Crippen LogP contribution in [0.1, 0.15) is 20.8 Å². The fraction of sp³-hybridized carbons (Fsp3) is 0.444. The van der Waals surface area contributed by atoms with Gasteiger partial charge in [0.2, 0.25) is 0 Å². The largest absolute Gasteiger partial charge is 0.444 e. The summed E-state index contributed by atoms with van der Waals surface area (Å²) in [5.41, 5.74) is -0.559. The van der Waals surface area contributed by atoms with E-state index in [9.17, 15) is 4.79 Å². The van der Waals surface area contributed by atoms with Gasteiger partial charge in [-0.15, -0.1) is 0 Å². The molecule has 1 heterocycles. The SMILES string of the molecule is CC(C)(C)OC(=O)Nc1ncc(Cl)nc1Br. The topological polar surface area (TPSA) is 64.1 Å². The summed E-state index contributed by atoms with van der Waals surface area (Å²) >= 11 is 8.74. The second-order valence-corrected chi connectivity index (χ2v) is 5.10. The molecule has 0 saturated carbocycles. The van der Waals surface area contributed by atoms with Crippen LogP contribution >= 0.6 is 27.5 Å². The first-order valence-electron chi connectivity index (χ1n) is 4.46. The van der Waals surface area contributed by atoms with E-state index in [1.807, 2.05) is 0 Å². The van der Waals surface area contributed by atoms with E-state index in [1.54, 1.807) is 20.8 Å². The van der Waals surface area contributed by atoms with Gasteiger partial charge in [0.15, 0.2) is 10.4 Å². The summed E-state index contributed by atoms with van der Waals surface area (Å²) in [6.07, 6.45) is 0.740. The lowest BCUT2D eigenvalue weighted by atomic mass is 10.2. The van der Waals surface area contributed by atoms with Gasteiger partial charge in [0.1, 0.15) is 10.8 Å². The number of aromatic nitrogens is 2. The second-order valence-electron chi connectivity index (χ2n) is 3.96. The van der Waals surface area contributed by atoms with Gasteiger partial charge in [-0.05, 0) is 36.7 Å². The minimum atomic E-state index is -0.593. The number of hydrogen-bond acceptors (Lipinski definition) is 4. The molecule has 16 heavy (non-hydrogen) atoms. The van der Waals surface area contributed by atoms with Crippen molar-refractivity contribution in [2.24, 2.45) is 0 Å². The summed E-state index contributed by atoms with van der Waals surface area (Å²) < 4.78 is 5.41. The molecule has 1 rings (SSSR count). The number of rotatable bonds is 1. The number of carbonyl (C=O) groups is 1. The van der Waals surface area contributed by atoms with E-state index >= 15 is 0 Å². The summed E-state index contributed by atoms with van der Waals surface area (Å²) in [4.78, 5) is 19.2. The van der Waals surface area contributed by atoms with Gasteiger partial charge in [-0.3, -0.25) is 5.32 Å². The van der Waals surface area contributed by atoms with Crippen LogP contribution in [0.2, 0.25) is 5.15 Å². The molecule has 1 amide bonds. The van der Waals surface area contributed by atoms with E-state index in [2.05, 4.69) is 31.2 Å². The van der Waals surface area contributed by atoms with Crippen molar-refractivity contribution in [2.45, 2.75) is 26.4 Å². The molecule has 0 atom stereocenters. The van der Waals surface area contributed by atoms with Gasteiger partial charge in [-0.2, -0.15) is 0 Å². The fourth-order valence-electron chi connectivity index (χ4n) is 0.831. The van der Waals surface area contributed by atoms with E-state index in [4.69, 9.17) is 16.3 Å². The van der Waals surface area contributed by atoms with Crippen molar-refractivity contribution in [1.29, 1.82) is 0 Å². The zero-order valence-corrected chi connectivity index (χ0v) is 11.4. The van der Waals surface area contributed by atoms with Crippen molar-refractivity contribution in [3.63, 3.8) is 0 Å². The summed E-state index contributed by atoms with van der Waals surface area (Å²) in [6, 6.07) is 0. The normalized spacial score (nSPS) is 11.1. The van der Waals surface area contributed by atoms with Crippen molar-refractivity contribution in [1.82, 2.24) is 9.97 Å².